The lowest BCUT2D eigenvalue weighted by atomic mass is 10.1. The molecule has 0 bridgehead atoms. The predicted octanol–water partition coefficient (Wildman–Crippen LogP) is 5.46. The number of halogens is 2. The molecule has 9 rings (SSSR count). The van der Waals surface area contributed by atoms with Crippen molar-refractivity contribution in [3.8, 4) is 22.5 Å². The number of benzene rings is 2. The Hall–Kier alpha value is -6.31. The van der Waals surface area contributed by atoms with Gasteiger partial charge in [0.2, 0.25) is 5.91 Å². The molecular weight excluding hydrogens is 644 g/mol. The summed E-state index contributed by atoms with van der Waals surface area (Å²) in [6.45, 7) is 0. The fraction of sp³-hybridized carbons (Fsp3) is 0.194. The number of rotatable bonds is 8. The number of hydrogen-bond acceptors (Lipinski definition) is 9. The number of aldehydes is 1. The summed E-state index contributed by atoms with van der Waals surface area (Å²) in [7, 11) is 0. The molecule has 1 aliphatic heterocycles. The van der Waals surface area contributed by atoms with Crippen LogP contribution < -0.4 is 16.0 Å². The number of hydrogen-bond donors (Lipinski definition) is 3. The molecule has 0 spiro atoms. The van der Waals surface area contributed by atoms with Crippen LogP contribution in [-0.2, 0) is 9.59 Å². The van der Waals surface area contributed by atoms with Crippen LogP contribution in [0.3, 0.4) is 0 Å². The first-order valence-electron chi connectivity index (χ1n) is 16.1. The third kappa shape index (κ3) is 6.42. The highest BCUT2D eigenvalue weighted by molar-refractivity contribution is 6.15. The van der Waals surface area contributed by atoms with Gasteiger partial charge in [0.1, 0.15) is 23.3 Å². The topological polar surface area (TPSA) is 148 Å². The maximum atomic E-state index is 13.7. The zero-order valence-electron chi connectivity index (χ0n) is 26.4. The second-order valence-electron chi connectivity index (χ2n) is 12.4. The van der Waals surface area contributed by atoms with Crippen LogP contribution in [0.15, 0.2) is 78.6 Å². The molecule has 0 atom stereocenters. The third-order valence-corrected chi connectivity index (χ3v) is 8.45. The molecule has 3 N–H and O–H groups in total. The van der Waals surface area contributed by atoms with Crippen LogP contribution in [0, 0.1) is 11.6 Å². The molecule has 5 heterocycles. The molecule has 0 radical (unpaired) electrons. The van der Waals surface area contributed by atoms with Crippen molar-refractivity contribution in [1.82, 2.24) is 34.5 Å². The molecule has 50 heavy (non-hydrogen) atoms. The van der Waals surface area contributed by atoms with Gasteiger partial charge in [-0.15, -0.1) is 0 Å². The van der Waals surface area contributed by atoms with E-state index in [-0.39, 0.29) is 24.0 Å². The normalized spacial score (nSPS) is 16.4. The minimum absolute atomic E-state index is 0.0347. The van der Waals surface area contributed by atoms with Gasteiger partial charge in [-0.2, -0.15) is 19.2 Å². The minimum atomic E-state index is -0.401. The average Bonchev–Trinajstić information content (AvgIpc) is 4.00. The minimum Gasteiger partial charge on any atom is -0.367 e. The Morgan fingerprint density at radius 3 is 1.72 bits per heavy atom. The molecular formula is C36H29F2N9O3. The van der Waals surface area contributed by atoms with Crippen molar-refractivity contribution in [2.45, 2.75) is 44.2 Å². The number of carbonyl (C=O) groups excluding carboxylic acids is 3. The summed E-state index contributed by atoms with van der Waals surface area (Å²) in [6.07, 6.45) is 9.88. The molecule has 6 aromatic rings. The van der Waals surface area contributed by atoms with E-state index in [9.17, 15) is 23.2 Å². The molecule has 250 valence electrons. The summed E-state index contributed by atoms with van der Waals surface area (Å²) in [5.74, 6) is 0.135. The molecule has 2 aliphatic carbocycles. The van der Waals surface area contributed by atoms with Crippen molar-refractivity contribution in [3.05, 3.63) is 101 Å². The summed E-state index contributed by atoms with van der Waals surface area (Å²) in [6, 6.07) is 17.0. The molecule has 1 saturated heterocycles. The molecule has 4 aromatic heterocycles. The Kier molecular flexibility index (Phi) is 7.82. The summed E-state index contributed by atoms with van der Waals surface area (Å²) in [5, 5.41) is 17.7. The van der Waals surface area contributed by atoms with Gasteiger partial charge in [-0.25, -0.2) is 18.7 Å². The zero-order chi connectivity index (χ0) is 34.4. The van der Waals surface area contributed by atoms with Crippen LogP contribution >= 0.6 is 0 Å². The third-order valence-electron chi connectivity index (χ3n) is 8.45. The Labute approximate surface area is 283 Å². The van der Waals surface area contributed by atoms with Crippen LogP contribution in [0.5, 0.6) is 0 Å². The van der Waals surface area contributed by atoms with Crippen molar-refractivity contribution in [2.24, 2.45) is 0 Å². The van der Waals surface area contributed by atoms with E-state index in [0.717, 1.165) is 43.6 Å². The van der Waals surface area contributed by atoms with Crippen LogP contribution in [-0.4, -0.2) is 59.4 Å². The van der Waals surface area contributed by atoms with Crippen LogP contribution in [0.25, 0.3) is 39.9 Å². The quantitative estimate of drug-likeness (QED) is 0.109. The van der Waals surface area contributed by atoms with Crippen molar-refractivity contribution in [3.63, 3.8) is 0 Å². The number of fused-ring (bicyclic) bond motifs is 2. The first-order chi connectivity index (χ1) is 24.3. The fourth-order valence-corrected chi connectivity index (χ4v) is 5.62. The second kappa shape index (κ2) is 12.6. The van der Waals surface area contributed by atoms with Crippen molar-refractivity contribution >= 4 is 47.1 Å². The Bertz CT molecular complexity index is 2360. The number of anilines is 2. The van der Waals surface area contributed by atoms with Crippen LogP contribution in [0.4, 0.5) is 20.4 Å². The first-order valence-corrected chi connectivity index (χ1v) is 16.1. The summed E-state index contributed by atoms with van der Waals surface area (Å²) in [4.78, 5) is 43.6. The van der Waals surface area contributed by atoms with Gasteiger partial charge in [-0.05, 0) is 56.0 Å². The highest BCUT2D eigenvalue weighted by Crippen LogP contribution is 2.31. The van der Waals surface area contributed by atoms with E-state index < -0.39 is 5.91 Å². The van der Waals surface area contributed by atoms with E-state index in [1.54, 1.807) is 45.6 Å². The second-order valence-corrected chi connectivity index (χ2v) is 12.4. The highest BCUT2D eigenvalue weighted by Gasteiger charge is 2.26. The smallest absolute Gasteiger partial charge is 0.254 e. The molecule has 14 heteroatoms. The molecule has 0 unspecified atom stereocenters. The maximum Gasteiger partial charge on any atom is 0.254 e. The summed E-state index contributed by atoms with van der Waals surface area (Å²) in [5.41, 5.74) is 4.93. The first kappa shape index (κ1) is 31.0. The highest BCUT2D eigenvalue weighted by atomic mass is 19.1. The number of nitrogens with one attached hydrogen (secondary N) is 3. The number of aromatic nitrogens is 6. The molecule has 2 aromatic carbocycles. The van der Waals surface area contributed by atoms with Crippen molar-refractivity contribution in [2.75, 3.05) is 10.6 Å². The monoisotopic (exact) mass is 673 g/mol. The van der Waals surface area contributed by atoms with Crippen molar-refractivity contribution in [1.29, 1.82) is 0 Å². The number of amides is 2. The average molecular weight is 674 g/mol. The van der Waals surface area contributed by atoms with E-state index in [2.05, 4.69) is 36.1 Å². The Morgan fingerprint density at radius 2 is 1.26 bits per heavy atom. The van der Waals surface area contributed by atoms with Gasteiger partial charge in [-0.3, -0.25) is 19.7 Å². The van der Waals surface area contributed by atoms with E-state index in [0.29, 0.717) is 62.6 Å². The van der Waals surface area contributed by atoms with Gasteiger partial charge < -0.3 is 10.6 Å². The zero-order valence-corrected chi connectivity index (χ0v) is 26.4. The number of carbonyl (C=O) groups is 3. The fourth-order valence-electron chi connectivity index (χ4n) is 5.62. The summed E-state index contributed by atoms with van der Waals surface area (Å²) >= 11 is 0. The molecule has 2 amide bonds. The lowest BCUT2D eigenvalue weighted by Gasteiger charge is -2.10. The van der Waals surface area contributed by atoms with Gasteiger partial charge >= 0.3 is 0 Å². The largest absolute Gasteiger partial charge is 0.367 e. The lowest BCUT2D eigenvalue weighted by molar-refractivity contribution is -0.124. The molecule has 12 nitrogen and oxygen atoms in total. The molecule has 3 aliphatic rings. The molecule has 2 saturated carbocycles. The van der Waals surface area contributed by atoms with E-state index in [1.807, 2.05) is 12.1 Å². The van der Waals surface area contributed by atoms with E-state index in [1.165, 1.54) is 30.5 Å². The van der Waals surface area contributed by atoms with Gasteiger partial charge in [-0.1, -0.05) is 24.3 Å². The molecule has 3 fully saturated rings. The van der Waals surface area contributed by atoms with Crippen LogP contribution in [0.2, 0.25) is 0 Å². The lowest BCUT2D eigenvalue weighted by Crippen LogP contribution is -2.19. The van der Waals surface area contributed by atoms with Crippen LogP contribution in [0.1, 0.15) is 48.0 Å². The Balaban J connectivity index is 0.000000149. The number of imide groups is 1. The Morgan fingerprint density at radius 1 is 0.740 bits per heavy atom. The van der Waals surface area contributed by atoms with E-state index >= 15 is 0 Å². The maximum absolute atomic E-state index is 13.7. The standard InChI is InChI=1S/C20H16FN5O2.C16H13FN4O/c21-14-3-1-2-11(7-14)16-9-17(23-15-4-5-15)26-19(24-16)13(10-22-26)6-12-8-18(27)25-20(12)28;17-12-3-1-2-10(6-12)14-7-15(19-13-4-5-13)21-16(20-14)11(9-22)8-18-21/h1-3,6-7,9-10,15,23H,4-5,8H2,(H,25,27,28);1-3,6-9,13,19H,4-5H2/b12-6+;. The SMILES string of the molecule is O=C1C/C(=C\c2cnn3c(NC4CC4)cc(-c4cccc(F)c4)nc23)C(=O)N1.O=Cc1cnn2c(NC3CC3)cc(-c3cccc(F)c3)nc12. The van der Waals surface area contributed by atoms with Gasteiger partial charge in [0.25, 0.3) is 5.91 Å². The summed E-state index contributed by atoms with van der Waals surface area (Å²) < 4.78 is 30.5. The van der Waals surface area contributed by atoms with Gasteiger partial charge in [0, 0.05) is 46.5 Å². The van der Waals surface area contributed by atoms with Gasteiger partial charge in [0.05, 0.1) is 35.8 Å². The predicted molar refractivity (Wildman–Crippen MR) is 181 cm³/mol. The van der Waals surface area contributed by atoms with Crippen molar-refractivity contribution < 1.29 is 23.2 Å². The van der Waals surface area contributed by atoms with E-state index in [4.69, 9.17) is 0 Å². The van der Waals surface area contributed by atoms with Gasteiger partial charge in [0.15, 0.2) is 17.6 Å². The number of nitrogens with zero attached hydrogens (tertiary/aromatic N) is 6.